The van der Waals surface area contributed by atoms with Crippen molar-refractivity contribution in [2.75, 3.05) is 6.54 Å². The fourth-order valence-corrected chi connectivity index (χ4v) is 3.71. The molecular weight excluding hydrogens is 419 g/mol. The number of carbonyl (C=O) groups excluding carboxylic acids is 1. The number of carbonyl (C=O) groups is 1. The predicted octanol–water partition coefficient (Wildman–Crippen LogP) is 3.07. The van der Waals surface area contributed by atoms with Crippen molar-refractivity contribution in [3.8, 4) is 0 Å². The van der Waals surface area contributed by atoms with Crippen LogP contribution in [-0.4, -0.2) is 31.6 Å². The standard InChI is InChI=1S/C16H13ClF3N5O2S/c1-3-9-13(14(27)21-4-2)25-12(26)5-8(22-15(25)28-9)7-24-11(17)6-10(23-24)16(18,19)20/h3,5-6H,1,4,7H2,2H3,(H,21,27). The molecule has 0 fully saturated rings. The second-order valence-electron chi connectivity index (χ2n) is 5.59. The summed E-state index contributed by atoms with van der Waals surface area (Å²) in [6, 6.07) is 1.82. The van der Waals surface area contributed by atoms with Gasteiger partial charge in [0, 0.05) is 18.7 Å². The van der Waals surface area contributed by atoms with E-state index in [0.717, 1.165) is 26.5 Å². The highest BCUT2D eigenvalue weighted by Crippen LogP contribution is 2.30. The van der Waals surface area contributed by atoms with Gasteiger partial charge in [-0.1, -0.05) is 29.5 Å². The molecule has 0 unspecified atom stereocenters. The number of hydrogen-bond acceptors (Lipinski definition) is 5. The topological polar surface area (TPSA) is 81.3 Å². The van der Waals surface area contributed by atoms with Crippen LogP contribution >= 0.6 is 22.9 Å². The summed E-state index contributed by atoms with van der Waals surface area (Å²) in [5.74, 6) is -0.453. The molecule has 7 nitrogen and oxygen atoms in total. The molecule has 3 heterocycles. The first kappa shape index (κ1) is 20.1. The molecule has 0 radical (unpaired) electrons. The van der Waals surface area contributed by atoms with E-state index < -0.39 is 23.3 Å². The molecular formula is C16H13ClF3N5O2S. The van der Waals surface area contributed by atoms with Gasteiger partial charge >= 0.3 is 6.18 Å². The van der Waals surface area contributed by atoms with E-state index in [1.54, 1.807) is 6.92 Å². The second-order valence-corrected chi connectivity index (χ2v) is 6.99. The lowest BCUT2D eigenvalue weighted by Crippen LogP contribution is -2.28. The summed E-state index contributed by atoms with van der Waals surface area (Å²) in [6.07, 6.45) is -3.21. The Morgan fingerprint density at radius 3 is 2.71 bits per heavy atom. The molecule has 3 aromatic rings. The first-order chi connectivity index (χ1) is 13.2. The van der Waals surface area contributed by atoms with Crippen molar-refractivity contribution in [3.05, 3.63) is 56.2 Å². The maximum Gasteiger partial charge on any atom is 0.435 e. The third-order valence-electron chi connectivity index (χ3n) is 3.67. The van der Waals surface area contributed by atoms with Crippen LogP contribution in [0, 0.1) is 0 Å². The third-order valence-corrected chi connectivity index (χ3v) is 5.01. The Morgan fingerprint density at radius 1 is 1.43 bits per heavy atom. The number of nitrogens with one attached hydrogen (secondary N) is 1. The summed E-state index contributed by atoms with van der Waals surface area (Å²) in [7, 11) is 0. The van der Waals surface area contributed by atoms with Crippen LogP contribution in [-0.2, 0) is 12.7 Å². The number of amides is 1. The van der Waals surface area contributed by atoms with Gasteiger partial charge in [-0.2, -0.15) is 18.3 Å². The Labute approximate surface area is 165 Å². The summed E-state index contributed by atoms with van der Waals surface area (Å²) in [5, 5.41) is 5.79. The summed E-state index contributed by atoms with van der Waals surface area (Å²) in [4.78, 5) is 29.8. The van der Waals surface area contributed by atoms with Crippen LogP contribution in [0.25, 0.3) is 11.0 Å². The fraction of sp³-hybridized carbons (Fsp3) is 0.250. The number of thiazole rings is 1. The lowest BCUT2D eigenvalue weighted by atomic mass is 10.3. The average Bonchev–Trinajstić information content (AvgIpc) is 3.16. The van der Waals surface area contributed by atoms with Crippen molar-refractivity contribution < 1.29 is 18.0 Å². The van der Waals surface area contributed by atoms with Crippen LogP contribution in [0.1, 0.15) is 33.7 Å². The normalized spacial score (nSPS) is 11.8. The van der Waals surface area contributed by atoms with Gasteiger partial charge in [0.1, 0.15) is 10.8 Å². The molecule has 148 valence electrons. The van der Waals surface area contributed by atoms with E-state index in [-0.39, 0.29) is 28.0 Å². The lowest BCUT2D eigenvalue weighted by Gasteiger charge is -2.05. The number of nitrogens with zero attached hydrogens (tertiary/aromatic N) is 4. The predicted molar refractivity (Wildman–Crippen MR) is 98.8 cm³/mol. The zero-order valence-electron chi connectivity index (χ0n) is 14.4. The van der Waals surface area contributed by atoms with Gasteiger partial charge in [-0.25, -0.2) is 14.1 Å². The average molecular weight is 432 g/mol. The molecule has 28 heavy (non-hydrogen) atoms. The highest BCUT2D eigenvalue weighted by Gasteiger charge is 2.34. The Bertz CT molecular complexity index is 1130. The van der Waals surface area contributed by atoms with Crippen molar-refractivity contribution in [2.24, 2.45) is 0 Å². The third kappa shape index (κ3) is 3.67. The monoisotopic (exact) mass is 431 g/mol. The Balaban J connectivity index is 2.06. The summed E-state index contributed by atoms with van der Waals surface area (Å²) in [6.45, 7) is 5.50. The molecule has 0 bridgehead atoms. The maximum atomic E-state index is 12.8. The maximum absolute atomic E-state index is 12.8. The van der Waals surface area contributed by atoms with E-state index in [1.807, 2.05) is 0 Å². The van der Waals surface area contributed by atoms with E-state index >= 15 is 0 Å². The number of rotatable bonds is 5. The van der Waals surface area contributed by atoms with E-state index in [9.17, 15) is 22.8 Å². The van der Waals surface area contributed by atoms with Gasteiger partial charge in [0.2, 0.25) is 0 Å². The molecule has 1 amide bonds. The fourth-order valence-electron chi connectivity index (χ4n) is 2.51. The molecule has 0 aliphatic carbocycles. The quantitative estimate of drug-likeness (QED) is 0.673. The largest absolute Gasteiger partial charge is 0.435 e. The van der Waals surface area contributed by atoms with E-state index in [4.69, 9.17) is 11.6 Å². The highest BCUT2D eigenvalue weighted by atomic mass is 35.5. The van der Waals surface area contributed by atoms with Crippen LogP contribution in [0.5, 0.6) is 0 Å². The van der Waals surface area contributed by atoms with Gasteiger partial charge in [0.15, 0.2) is 10.7 Å². The molecule has 0 aromatic carbocycles. The Kier molecular flexibility index (Phi) is 5.31. The van der Waals surface area contributed by atoms with Crippen LogP contribution in [0.2, 0.25) is 5.15 Å². The minimum absolute atomic E-state index is 0.109. The summed E-state index contributed by atoms with van der Waals surface area (Å²) in [5.41, 5.74) is -1.43. The number of alkyl halides is 3. The van der Waals surface area contributed by atoms with Gasteiger partial charge in [0.05, 0.1) is 17.1 Å². The summed E-state index contributed by atoms with van der Waals surface area (Å²) < 4.78 is 40.3. The Morgan fingerprint density at radius 2 is 2.14 bits per heavy atom. The van der Waals surface area contributed by atoms with Gasteiger partial charge < -0.3 is 5.32 Å². The zero-order valence-corrected chi connectivity index (χ0v) is 16.0. The lowest BCUT2D eigenvalue weighted by molar-refractivity contribution is -0.141. The minimum atomic E-state index is -4.64. The molecule has 0 atom stereocenters. The van der Waals surface area contributed by atoms with Crippen molar-refractivity contribution in [1.82, 2.24) is 24.5 Å². The van der Waals surface area contributed by atoms with Crippen molar-refractivity contribution in [3.63, 3.8) is 0 Å². The number of aromatic nitrogens is 4. The molecule has 0 saturated heterocycles. The van der Waals surface area contributed by atoms with Gasteiger partial charge in [0.25, 0.3) is 11.5 Å². The molecule has 0 spiro atoms. The molecule has 12 heteroatoms. The second kappa shape index (κ2) is 7.40. The molecule has 3 rings (SSSR count). The SMILES string of the molecule is C=Cc1sc2nc(Cn3nc(C(F)(F)F)cc3Cl)cc(=O)n2c1C(=O)NCC. The van der Waals surface area contributed by atoms with Gasteiger partial charge in [-0.3, -0.25) is 9.59 Å². The molecule has 0 saturated carbocycles. The van der Waals surface area contributed by atoms with Crippen molar-refractivity contribution in [1.29, 1.82) is 0 Å². The number of fused-ring (bicyclic) bond motifs is 1. The smallest absolute Gasteiger partial charge is 0.351 e. The number of halogens is 4. The van der Waals surface area contributed by atoms with Crippen LogP contribution in [0.3, 0.4) is 0 Å². The van der Waals surface area contributed by atoms with E-state index in [1.165, 1.54) is 6.08 Å². The minimum Gasteiger partial charge on any atom is -0.351 e. The molecule has 3 aromatic heterocycles. The van der Waals surface area contributed by atoms with E-state index in [0.29, 0.717) is 17.5 Å². The van der Waals surface area contributed by atoms with Crippen LogP contribution < -0.4 is 10.9 Å². The van der Waals surface area contributed by atoms with Crippen LogP contribution in [0.15, 0.2) is 23.5 Å². The summed E-state index contributed by atoms with van der Waals surface area (Å²) >= 11 is 6.87. The van der Waals surface area contributed by atoms with Crippen LogP contribution in [0.4, 0.5) is 13.2 Å². The Hall–Kier alpha value is -2.66. The molecule has 1 N–H and O–H groups in total. The zero-order chi connectivity index (χ0) is 20.6. The molecule has 0 aliphatic rings. The van der Waals surface area contributed by atoms with Crippen molar-refractivity contribution >= 4 is 39.9 Å². The van der Waals surface area contributed by atoms with Crippen molar-refractivity contribution in [2.45, 2.75) is 19.6 Å². The van der Waals surface area contributed by atoms with E-state index in [2.05, 4.69) is 22.0 Å². The first-order valence-electron chi connectivity index (χ1n) is 7.92. The highest BCUT2D eigenvalue weighted by molar-refractivity contribution is 7.18. The molecule has 0 aliphatic heterocycles. The number of hydrogen-bond donors (Lipinski definition) is 1. The first-order valence-corrected chi connectivity index (χ1v) is 9.11. The van der Waals surface area contributed by atoms with Gasteiger partial charge in [-0.05, 0) is 13.0 Å². The van der Waals surface area contributed by atoms with Gasteiger partial charge in [-0.15, -0.1) is 0 Å².